The molecule has 168 valence electrons. The van der Waals surface area contributed by atoms with Gasteiger partial charge in [-0.25, -0.2) is 4.98 Å². The van der Waals surface area contributed by atoms with Gasteiger partial charge in [-0.05, 0) is 43.2 Å². The molecule has 0 radical (unpaired) electrons. The fourth-order valence-corrected chi connectivity index (χ4v) is 3.35. The second-order valence-corrected chi connectivity index (χ2v) is 7.49. The lowest BCUT2D eigenvalue weighted by Gasteiger charge is -2.09. The number of benzene rings is 2. The van der Waals surface area contributed by atoms with Crippen LogP contribution >= 0.6 is 0 Å². The Morgan fingerprint density at radius 1 is 1.00 bits per heavy atom. The van der Waals surface area contributed by atoms with Crippen molar-refractivity contribution in [1.82, 2.24) is 15.3 Å². The van der Waals surface area contributed by atoms with E-state index < -0.39 is 0 Å². The number of methoxy groups -OCH3 is 1. The Morgan fingerprint density at radius 2 is 1.78 bits per heavy atom. The summed E-state index contributed by atoms with van der Waals surface area (Å²) in [4.78, 5) is 42.9. The third-order valence-corrected chi connectivity index (χ3v) is 5.07. The summed E-state index contributed by atoms with van der Waals surface area (Å²) in [6.07, 6.45) is 5.15. The minimum absolute atomic E-state index is 0.153. The molecular formula is C24H28N4O4. The standard InChI is InChI=1S/C24H28N4O4/c1-32-21(29)14-5-3-2-4-8-15-25-22(30)17-10-9-11-18(16-17)26-24-27-20-13-7-6-12-19(20)23(31)28-24/h6-7,9-13,16H,2-5,8,14-15H2,1H3,(H,25,30)(H2,26,27,28,31). The second-order valence-electron chi connectivity index (χ2n) is 7.49. The van der Waals surface area contributed by atoms with E-state index >= 15 is 0 Å². The van der Waals surface area contributed by atoms with Crippen molar-refractivity contribution in [2.75, 3.05) is 19.0 Å². The van der Waals surface area contributed by atoms with Crippen LogP contribution in [0.3, 0.4) is 0 Å². The van der Waals surface area contributed by atoms with Crippen LogP contribution in [-0.4, -0.2) is 35.5 Å². The highest BCUT2D eigenvalue weighted by molar-refractivity contribution is 5.95. The molecule has 3 aromatic rings. The van der Waals surface area contributed by atoms with Crippen LogP contribution in [0.2, 0.25) is 0 Å². The molecule has 1 aromatic heterocycles. The maximum Gasteiger partial charge on any atom is 0.305 e. The number of hydrogen-bond acceptors (Lipinski definition) is 6. The molecule has 8 heteroatoms. The van der Waals surface area contributed by atoms with Crippen molar-refractivity contribution in [3.05, 3.63) is 64.4 Å². The monoisotopic (exact) mass is 436 g/mol. The van der Waals surface area contributed by atoms with Gasteiger partial charge in [0.2, 0.25) is 5.95 Å². The van der Waals surface area contributed by atoms with Crippen molar-refractivity contribution in [3.63, 3.8) is 0 Å². The number of ether oxygens (including phenoxy) is 1. The van der Waals surface area contributed by atoms with Crippen LogP contribution in [0.15, 0.2) is 53.3 Å². The molecule has 0 saturated carbocycles. The number of para-hydroxylation sites is 1. The molecule has 1 amide bonds. The Labute approximate surface area is 186 Å². The quantitative estimate of drug-likeness (QED) is 0.310. The number of hydrogen-bond donors (Lipinski definition) is 3. The first-order chi connectivity index (χ1) is 15.6. The van der Waals surface area contributed by atoms with Crippen molar-refractivity contribution in [3.8, 4) is 0 Å². The molecule has 0 unspecified atom stereocenters. The zero-order chi connectivity index (χ0) is 22.8. The minimum Gasteiger partial charge on any atom is -0.469 e. The maximum atomic E-state index is 12.5. The number of esters is 1. The first-order valence-corrected chi connectivity index (χ1v) is 10.8. The van der Waals surface area contributed by atoms with Crippen LogP contribution in [0.5, 0.6) is 0 Å². The van der Waals surface area contributed by atoms with E-state index in [2.05, 4.69) is 25.3 Å². The molecular weight excluding hydrogens is 408 g/mol. The molecule has 3 rings (SSSR count). The van der Waals surface area contributed by atoms with Gasteiger partial charge in [0.25, 0.3) is 11.5 Å². The van der Waals surface area contributed by atoms with Crippen LogP contribution in [0.4, 0.5) is 11.6 Å². The normalized spacial score (nSPS) is 10.7. The van der Waals surface area contributed by atoms with Gasteiger partial charge in [0.15, 0.2) is 0 Å². The van der Waals surface area contributed by atoms with Gasteiger partial charge < -0.3 is 15.4 Å². The fraction of sp³-hybridized carbons (Fsp3) is 0.333. The number of H-pyrrole nitrogens is 1. The summed E-state index contributed by atoms with van der Waals surface area (Å²) in [6.45, 7) is 0.590. The van der Waals surface area contributed by atoms with Gasteiger partial charge in [0.05, 0.1) is 18.0 Å². The Morgan fingerprint density at radius 3 is 2.62 bits per heavy atom. The Kier molecular flexibility index (Phi) is 8.36. The maximum absolute atomic E-state index is 12.5. The predicted octanol–water partition coefficient (Wildman–Crippen LogP) is 3.91. The first kappa shape index (κ1) is 23.0. The number of carbonyl (C=O) groups excluding carboxylic acids is 2. The average Bonchev–Trinajstić information content (AvgIpc) is 2.80. The molecule has 0 aliphatic rings. The molecule has 8 nitrogen and oxygen atoms in total. The Hall–Kier alpha value is -3.68. The van der Waals surface area contributed by atoms with Gasteiger partial charge in [-0.2, -0.15) is 0 Å². The highest BCUT2D eigenvalue weighted by atomic mass is 16.5. The van der Waals surface area contributed by atoms with E-state index in [1.165, 1.54) is 7.11 Å². The summed E-state index contributed by atoms with van der Waals surface area (Å²) in [7, 11) is 1.40. The number of carbonyl (C=O) groups is 2. The van der Waals surface area contributed by atoms with Crippen molar-refractivity contribution >= 4 is 34.4 Å². The number of fused-ring (bicyclic) bond motifs is 1. The first-order valence-electron chi connectivity index (χ1n) is 10.8. The van der Waals surface area contributed by atoms with E-state index in [1.54, 1.807) is 42.5 Å². The molecule has 0 spiro atoms. The summed E-state index contributed by atoms with van der Waals surface area (Å²) >= 11 is 0. The molecule has 3 N–H and O–H groups in total. The summed E-state index contributed by atoms with van der Waals surface area (Å²) in [6, 6.07) is 14.2. The van der Waals surface area contributed by atoms with Gasteiger partial charge in [0, 0.05) is 24.2 Å². The third kappa shape index (κ3) is 6.66. The van der Waals surface area contributed by atoms with Crippen LogP contribution in [-0.2, 0) is 9.53 Å². The van der Waals surface area contributed by atoms with E-state index in [0.717, 1.165) is 32.1 Å². The van der Waals surface area contributed by atoms with Crippen molar-refractivity contribution in [1.29, 1.82) is 0 Å². The van der Waals surface area contributed by atoms with Crippen LogP contribution in [0.25, 0.3) is 10.9 Å². The van der Waals surface area contributed by atoms with Crippen LogP contribution in [0.1, 0.15) is 48.9 Å². The fourth-order valence-electron chi connectivity index (χ4n) is 3.35. The number of rotatable bonds is 11. The van der Waals surface area contributed by atoms with Gasteiger partial charge >= 0.3 is 5.97 Å². The smallest absolute Gasteiger partial charge is 0.305 e. The molecule has 0 bridgehead atoms. The van der Waals surface area contributed by atoms with E-state index in [9.17, 15) is 14.4 Å². The van der Waals surface area contributed by atoms with Crippen molar-refractivity contribution < 1.29 is 14.3 Å². The average molecular weight is 437 g/mol. The predicted molar refractivity (Wildman–Crippen MR) is 124 cm³/mol. The summed E-state index contributed by atoms with van der Waals surface area (Å²) in [5.41, 5.74) is 1.55. The number of aromatic amines is 1. The summed E-state index contributed by atoms with van der Waals surface area (Å²) in [5.74, 6) is -0.00509. The molecule has 0 fully saturated rings. The molecule has 1 heterocycles. The number of aromatic nitrogens is 2. The Balaban J connectivity index is 1.47. The summed E-state index contributed by atoms with van der Waals surface area (Å²) < 4.78 is 4.62. The topological polar surface area (TPSA) is 113 Å². The summed E-state index contributed by atoms with van der Waals surface area (Å²) in [5, 5.41) is 6.51. The zero-order valence-corrected chi connectivity index (χ0v) is 18.1. The lowest BCUT2D eigenvalue weighted by atomic mass is 10.1. The molecule has 0 aliphatic heterocycles. The van der Waals surface area contributed by atoms with E-state index in [1.807, 2.05) is 6.07 Å². The lowest BCUT2D eigenvalue weighted by Crippen LogP contribution is -2.24. The SMILES string of the molecule is COC(=O)CCCCCCCNC(=O)c1cccc(Nc2nc3ccccc3c(=O)[nH]2)c1. The minimum atomic E-state index is -0.225. The van der Waals surface area contributed by atoms with Crippen molar-refractivity contribution in [2.24, 2.45) is 0 Å². The molecule has 0 atom stereocenters. The number of nitrogens with zero attached hydrogens (tertiary/aromatic N) is 1. The van der Waals surface area contributed by atoms with Crippen LogP contribution in [0, 0.1) is 0 Å². The molecule has 0 aliphatic carbocycles. The van der Waals surface area contributed by atoms with Crippen LogP contribution < -0.4 is 16.2 Å². The van der Waals surface area contributed by atoms with E-state index in [4.69, 9.17) is 0 Å². The number of amides is 1. The lowest BCUT2D eigenvalue weighted by molar-refractivity contribution is -0.140. The number of unbranched alkanes of at least 4 members (excludes halogenated alkanes) is 4. The molecule has 2 aromatic carbocycles. The second kappa shape index (κ2) is 11.6. The largest absolute Gasteiger partial charge is 0.469 e. The van der Waals surface area contributed by atoms with Gasteiger partial charge in [-0.15, -0.1) is 0 Å². The van der Waals surface area contributed by atoms with Gasteiger partial charge in [-0.1, -0.05) is 37.5 Å². The van der Waals surface area contributed by atoms with E-state index in [-0.39, 0.29) is 17.4 Å². The number of nitrogens with one attached hydrogen (secondary N) is 3. The highest BCUT2D eigenvalue weighted by Crippen LogP contribution is 2.16. The van der Waals surface area contributed by atoms with E-state index in [0.29, 0.717) is 41.1 Å². The molecule has 32 heavy (non-hydrogen) atoms. The van der Waals surface area contributed by atoms with Crippen molar-refractivity contribution in [2.45, 2.75) is 38.5 Å². The Bertz CT molecular complexity index is 1130. The third-order valence-electron chi connectivity index (χ3n) is 5.07. The highest BCUT2D eigenvalue weighted by Gasteiger charge is 2.08. The van der Waals surface area contributed by atoms with Gasteiger partial charge in [0.1, 0.15) is 0 Å². The van der Waals surface area contributed by atoms with Gasteiger partial charge in [-0.3, -0.25) is 19.4 Å². The number of anilines is 2. The molecule has 0 saturated heterocycles. The zero-order valence-electron chi connectivity index (χ0n) is 18.1.